The maximum absolute atomic E-state index is 6.63. The molecule has 2 heteroatoms. The van der Waals surface area contributed by atoms with Gasteiger partial charge in [0.2, 0.25) is 0 Å². The minimum absolute atomic E-state index is 0.206. The molecule has 0 aromatic carbocycles. The third-order valence-electron chi connectivity index (χ3n) is 5.63. The minimum atomic E-state index is 0.206. The molecule has 1 aliphatic heterocycles. The summed E-state index contributed by atoms with van der Waals surface area (Å²) in [5, 5.41) is 3.83. The number of hydrogen-bond acceptors (Lipinski definition) is 2. The standard InChI is InChI=1S/C16H29NO/c1-2-13-8-10-16(11-9-13)12-17-14-6-4-3-5-7-15(14)18-16/h13-15,17H,2-12H2,1H3. The van der Waals surface area contributed by atoms with Crippen LogP contribution in [-0.4, -0.2) is 24.3 Å². The SMILES string of the molecule is CCC1CCC2(CC1)CNC1CCCCCC1O2. The Morgan fingerprint density at radius 2 is 1.83 bits per heavy atom. The molecular formula is C16H29NO. The summed E-state index contributed by atoms with van der Waals surface area (Å²) in [7, 11) is 0. The first-order valence-corrected chi connectivity index (χ1v) is 8.22. The second-order valence-electron chi connectivity index (χ2n) is 6.82. The Hall–Kier alpha value is -0.0800. The molecule has 3 rings (SSSR count). The number of ether oxygens (including phenoxy) is 1. The Bertz CT molecular complexity index is 270. The molecule has 2 nitrogen and oxygen atoms in total. The number of fused-ring (bicyclic) bond motifs is 1. The van der Waals surface area contributed by atoms with Crippen molar-refractivity contribution in [2.75, 3.05) is 6.54 Å². The van der Waals surface area contributed by atoms with E-state index in [1.165, 1.54) is 64.2 Å². The summed E-state index contributed by atoms with van der Waals surface area (Å²) in [6, 6.07) is 0.655. The minimum Gasteiger partial charge on any atom is -0.369 e. The third kappa shape index (κ3) is 2.60. The molecule has 104 valence electrons. The zero-order chi connectivity index (χ0) is 12.4. The Labute approximate surface area is 112 Å². The molecule has 2 unspecified atom stereocenters. The fourth-order valence-electron chi connectivity index (χ4n) is 4.23. The van der Waals surface area contributed by atoms with Crippen molar-refractivity contribution in [3.8, 4) is 0 Å². The van der Waals surface area contributed by atoms with Gasteiger partial charge in [0, 0.05) is 12.6 Å². The molecule has 3 fully saturated rings. The molecular weight excluding hydrogens is 222 g/mol. The Morgan fingerprint density at radius 3 is 2.61 bits per heavy atom. The predicted molar refractivity (Wildman–Crippen MR) is 74.7 cm³/mol. The molecule has 1 N–H and O–H groups in total. The second-order valence-corrected chi connectivity index (χ2v) is 6.82. The van der Waals surface area contributed by atoms with Gasteiger partial charge in [-0.1, -0.05) is 32.6 Å². The molecule has 3 aliphatic rings. The van der Waals surface area contributed by atoms with Crippen molar-refractivity contribution in [1.82, 2.24) is 5.32 Å². The highest BCUT2D eigenvalue weighted by Crippen LogP contribution is 2.40. The van der Waals surface area contributed by atoms with Gasteiger partial charge in [-0.25, -0.2) is 0 Å². The lowest BCUT2D eigenvalue weighted by atomic mass is 9.76. The van der Waals surface area contributed by atoms with Crippen LogP contribution >= 0.6 is 0 Å². The van der Waals surface area contributed by atoms with Crippen molar-refractivity contribution >= 4 is 0 Å². The molecule has 1 heterocycles. The van der Waals surface area contributed by atoms with Gasteiger partial charge < -0.3 is 10.1 Å². The first kappa shape index (κ1) is 12.9. The lowest BCUT2D eigenvalue weighted by Gasteiger charge is -2.48. The van der Waals surface area contributed by atoms with Crippen molar-refractivity contribution in [2.24, 2.45) is 5.92 Å². The Morgan fingerprint density at radius 1 is 1.06 bits per heavy atom. The molecule has 18 heavy (non-hydrogen) atoms. The van der Waals surface area contributed by atoms with E-state index < -0.39 is 0 Å². The van der Waals surface area contributed by atoms with Gasteiger partial charge in [0.15, 0.2) is 0 Å². The number of morpholine rings is 1. The van der Waals surface area contributed by atoms with Crippen LogP contribution in [0.1, 0.15) is 71.1 Å². The Balaban J connectivity index is 1.62. The van der Waals surface area contributed by atoms with Gasteiger partial charge in [-0.05, 0) is 44.4 Å². The van der Waals surface area contributed by atoms with Crippen molar-refractivity contribution in [3.05, 3.63) is 0 Å². The van der Waals surface area contributed by atoms with Gasteiger partial charge in [0.05, 0.1) is 11.7 Å². The van der Waals surface area contributed by atoms with Crippen LogP contribution in [0.3, 0.4) is 0 Å². The molecule has 1 saturated heterocycles. The molecule has 0 amide bonds. The van der Waals surface area contributed by atoms with E-state index in [2.05, 4.69) is 12.2 Å². The average molecular weight is 251 g/mol. The highest BCUT2D eigenvalue weighted by molar-refractivity contribution is 4.97. The summed E-state index contributed by atoms with van der Waals surface area (Å²) in [6.45, 7) is 3.45. The van der Waals surface area contributed by atoms with Crippen LogP contribution in [0.15, 0.2) is 0 Å². The summed E-state index contributed by atoms with van der Waals surface area (Å²) < 4.78 is 6.63. The van der Waals surface area contributed by atoms with Gasteiger partial charge in [-0.3, -0.25) is 0 Å². The van der Waals surface area contributed by atoms with E-state index in [1.807, 2.05) is 0 Å². The molecule has 0 aromatic heterocycles. The topological polar surface area (TPSA) is 21.3 Å². The maximum atomic E-state index is 6.63. The molecule has 0 aromatic rings. The third-order valence-corrected chi connectivity index (χ3v) is 5.63. The summed E-state index contributed by atoms with van der Waals surface area (Å²) >= 11 is 0. The summed E-state index contributed by atoms with van der Waals surface area (Å²) in [5.74, 6) is 0.964. The van der Waals surface area contributed by atoms with Crippen LogP contribution in [0.4, 0.5) is 0 Å². The van der Waals surface area contributed by atoms with Gasteiger partial charge in [0.25, 0.3) is 0 Å². The van der Waals surface area contributed by atoms with E-state index in [-0.39, 0.29) is 5.60 Å². The summed E-state index contributed by atoms with van der Waals surface area (Å²) in [4.78, 5) is 0. The second kappa shape index (κ2) is 5.50. The van der Waals surface area contributed by atoms with Gasteiger partial charge in [0.1, 0.15) is 0 Å². The highest BCUT2D eigenvalue weighted by Gasteiger charge is 2.43. The van der Waals surface area contributed by atoms with Crippen LogP contribution < -0.4 is 5.32 Å². The molecule has 0 radical (unpaired) electrons. The van der Waals surface area contributed by atoms with Crippen LogP contribution in [0.2, 0.25) is 0 Å². The van der Waals surface area contributed by atoms with Gasteiger partial charge in [-0.2, -0.15) is 0 Å². The number of nitrogens with one attached hydrogen (secondary N) is 1. The van der Waals surface area contributed by atoms with E-state index >= 15 is 0 Å². The van der Waals surface area contributed by atoms with E-state index in [4.69, 9.17) is 4.74 Å². The first-order chi connectivity index (χ1) is 8.81. The number of rotatable bonds is 1. The fraction of sp³-hybridized carbons (Fsp3) is 1.00. The molecule has 0 bridgehead atoms. The van der Waals surface area contributed by atoms with Crippen LogP contribution in [0.25, 0.3) is 0 Å². The fourth-order valence-corrected chi connectivity index (χ4v) is 4.23. The summed E-state index contributed by atoms with van der Waals surface area (Å²) in [6.07, 6.45) is 14.0. The predicted octanol–water partition coefficient (Wildman–Crippen LogP) is 3.65. The Kier molecular flexibility index (Phi) is 3.95. The largest absolute Gasteiger partial charge is 0.369 e. The monoisotopic (exact) mass is 251 g/mol. The van der Waals surface area contributed by atoms with Gasteiger partial charge >= 0.3 is 0 Å². The highest BCUT2D eigenvalue weighted by atomic mass is 16.5. The van der Waals surface area contributed by atoms with Crippen LogP contribution in [0, 0.1) is 5.92 Å². The summed E-state index contributed by atoms with van der Waals surface area (Å²) in [5.41, 5.74) is 0.206. The maximum Gasteiger partial charge on any atom is 0.0811 e. The smallest absolute Gasteiger partial charge is 0.0811 e. The quantitative estimate of drug-likeness (QED) is 0.768. The first-order valence-electron chi connectivity index (χ1n) is 8.22. The van der Waals surface area contributed by atoms with Crippen molar-refractivity contribution < 1.29 is 4.74 Å². The van der Waals surface area contributed by atoms with E-state index in [9.17, 15) is 0 Å². The van der Waals surface area contributed by atoms with E-state index in [0.29, 0.717) is 12.1 Å². The van der Waals surface area contributed by atoms with Crippen LogP contribution in [0.5, 0.6) is 0 Å². The molecule has 2 atom stereocenters. The van der Waals surface area contributed by atoms with E-state index in [0.717, 1.165) is 12.5 Å². The van der Waals surface area contributed by atoms with Crippen LogP contribution in [-0.2, 0) is 4.74 Å². The number of hydrogen-bond donors (Lipinski definition) is 1. The van der Waals surface area contributed by atoms with Gasteiger partial charge in [-0.15, -0.1) is 0 Å². The zero-order valence-electron chi connectivity index (χ0n) is 11.9. The molecule has 2 aliphatic carbocycles. The van der Waals surface area contributed by atoms with E-state index in [1.54, 1.807) is 0 Å². The lowest BCUT2D eigenvalue weighted by molar-refractivity contribution is -0.156. The van der Waals surface area contributed by atoms with Crippen molar-refractivity contribution in [2.45, 2.75) is 88.9 Å². The lowest BCUT2D eigenvalue weighted by Crippen LogP contribution is -2.59. The van der Waals surface area contributed by atoms with Crippen molar-refractivity contribution in [1.29, 1.82) is 0 Å². The normalized spacial score (nSPS) is 45.5. The molecule has 1 spiro atoms. The molecule has 2 saturated carbocycles. The zero-order valence-corrected chi connectivity index (χ0v) is 11.9. The van der Waals surface area contributed by atoms with Crippen molar-refractivity contribution in [3.63, 3.8) is 0 Å². The average Bonchev–Trinajstić information content (AvgIpc) is 2.64.